The number of anilines is 2. The van der Waals surface area contributed by atoms with Crippen molar-refractivity contribution in [2.45, 2.75) is 25.3 Å². The predicted octanol–water partition coefficient (Wildman–Crippen LogP) is 1.36. The molecule has 0 aromatic carbocycles. The van der Waals surface area contributed by atoms with Gasteiger partial charge in [-0.05, 0) is 31.2 Å². The van der Waals surface area contributed by atoms with Crippen LogP contribution < -0.4 is 16.2 Å². The fraction of sp³-hybridized carbons (Fsp3) is 0.545. The maximum absolute atomic E-state index is 5.36. The Balaban J connectivity index is 1.86. The topological polar surface area (TPSA) is 54.2 Å². The number of pyridine rings is 1. The molecule has 15 heavy (non-hydrogen) atoms. The van der Waals surface area contributed by atoms with Crippen molar-refractivity contribution >= 4 is 11.5 Å². The summed E-state index contributed by atoms with van der Waals surface area (Å²) in [5.74, 6) is 7.02. The molecule has 0 radical (unpaired) electrons. The molecule has 2 aliphatic rings. The van der Waals surface area contributed by atoms with Gasteiger partial charge in [0.25, 0.3) is 0 Å². The van der Waals surface area contributed by atoms with Crippen LogP contribution in [0.15, 0.2) is 18.3 Å². The number of hydrogen-bond donors (Lipinski definition) is 2. The van der Waals surface area contributed by atoms with E-state index in [2.05, 4.69) is 21.4 Å². The van der Waals surface area contributed by atoms with Gasteiger partial charge in [-0.25, -0.2) is 10.8 Å². The van der Waals surface area contributed by atoms with Crippen LogP contribution in [0.4, 0.5) is 11.5 Å². The standard InChI is InChI=1S/C11H16N4/c12-14-11-6-10(3-4-13-11)15-7-8-1-2-9(15)5-8/h3-4,6,8-9H,1-2,5,7,12H2,(H,13,14). The normalized spacial score (nSPS) is 28.5. The molecule has 1 aromatic heterocycles. The van der Waals surface area contributed by atoms with E-state index >= 15 is 0 Å². The third-order valence-electron chi connectivity index (χ3n) is 3.63. The quantitative estimate of drug-likeness (QED) is 0.564. The summed E-state index contributed by atoms with van der Waals surface area (Å²) in [6, 6.07) is 4.85. The molecule has 4 nitrogen and oxygen atoms in total. The summed E-state index contributed by atoms with van der Waals surface area (Å²) in [6.45, 7) is 1.21. The Morgan fingerprint density at radius 1 is 1.47 bits per heavy atom. The van der Waals surface area contributed by atoms with Gasteiger partial charge in [0.1, 0.15) is 5.82 Å². The molecule has 0 spiro atoms. The first-order valence-corrected chi connectivity index (χ1v) is 5.56. The number of nitrogens with two attached hydrogens (primary N) is 1. The van der Waals surface area contributed by atoms with Gasteiger partial charge in [0.15, 0.2) is 0 Å². The van der Waals surface area contributed by atoms with E-state index in [4.69, 9.17) is 5.84 Å². The summed E-state index contributed by atoms with van der Waals surface area (Å²) < 4.78 is 0. The van der Waals surface area contributed by atoms with E-state index in [1.807, 2.05) is 12.3 Å². The summed E-state index contributed by atoms with van der Waals surface area (Å²) in [6.07, 6.45) is 5.94. The van der Waals surface area contributed by atoms with Crippen molar-refractivity contribution < 1.29 is 0 Å². The van der Waals surface area contributed by atoms with Crippen LogP contribution in [0.2, 0.25) is 0 Å². The Morgan fingerprint density at radius 2 is 2.40 bits per heavy atom. The minimum absolute atomic E-state index is 0.746. The summed E-state index contributed by atoms with van der Waals surface area (Å²) >= 11 is 0. The second kappa shape index (κ2) is 3.38. The lowest BCUT2D eigenvalue weighted by Gasteiger charge is -2.29. The molecule has 80 valence electrons. The lowest BCUT2D eigenvalue weighted by Crippen LogP contribution is -2.31. The number of nitrogen functional groups attached to an aromatic ring is 1. The zero-order chi connectivity index (χ0) is 10.3. The lowest BCUT2D eigenvalue weighted by atomic mass is 10.1. The molecule has 2 bridgehead atoms. The molecule has 2 heterocycles. The highest BCUT2D eigenvalue weighted by atomic mass is 15.3. The Bertz CT molecular complexity index is 365. The van der Waals surface area contributed by atoms with E-state index in [0.29, 0.717) is 0 Å². The molecular formula is C11H16N4. The Labute approximate surface area is 89.4 Å². The molecule has 0 amide bonds. The number of nitrogens with zero attached hydrogens (tertiary/aromatic N) is 2. The van der Waals surface area contributed by atoms with Crippen LogP contribution in [-0.4, -0.2) is 17.6 Å². The highest BCUT2D eigenvalue weighted by molar-refractivity contribution is 5.55. The van der Waals surface area contributed by atoms with E-state index in [-0.39, 0.29) is 0 Å². The monoisotopic (exact) mass is 204 g/mol. The van der Waals surface area contributed by atoms with Gasteiger partial charge in [0.2, 0.25) is 0 Å². The van der Waals surface area contributed by atoms with Gasteiger partial charge in [0.05, 0.1) is 0 Å². The number of hydrazine groups is 1. The number of rotatable bonds is 2. The summed E-state index contributed by atoms with van der Waals surface area (Å²) in [5, 5.41) is 0. The molecule has 1 aromatic rings. The van der Waals surface area contributed by atoms with E-state index in [9.17, 15) is 0 Å². The first-order valence-electron chi connectivity index (χ1n) is 5.56. The van der Waals surface area contributed by atoms with Crippen LogP contribution >= 0.6 is 0 Å². The van der Waals surface area contributed by atoms with Crippen LogP contribution in [0, 0.1) is 5.92 Å². The van der Waals surface area contributed by atoms with Crippen LogP contribution in [-0.2, 0) is 0 Å². The molecular weight excluding hydrogens is 188 g/mol. The first-order chi connectivity index (χ1) is 7.36. The molecule has 1 saturated carbocycles. The van der Waals surface area contributed by atoms with Crippen molar-refractivity contribution in [2.75, 3.05) is 16.9 Å². The lowest BCUT2D eigenvalue weighted by molar-refractivity contribution is 0.553. The molecule has 3 rings (SSSR count). The van der Waals surface area contributed by atoms with E-state index in [0.717, 1.165) is 17.8 Å². The van der Waals surface area contributed by atoms with Crippen molar-refractivity contribution in [2.24, 2.45) is 11.8 Å². The molecule has 2 fully saturated rings. The molecule has 2 unspecified atom stereocenters. The highest BCUT2D eigenvalue weighted by Crippen LogP contribution is 2.40. The Hall–Kier alpha value is -1.29. The highest BCUT2D eigenvalue weighted by Gasteiger charge is 2.37. The van der Waals surface area contributed by atoms with Crippen LogP contribution in [0.1, 0.15) is 19.3 Å². The largest absolute Gasteiger partial charge is 0.368 e. The number of nitrogens with one attached hydrogen (secondary N) is 1. The molecule has 2 atom stereocenters. The molecule has 1 aliphatic heterocycles. The van der Waals surface area contributed by atoms with Crippen molar-refractivity contribution in [1.29, 1.82) is 0 Å². The van der Waals surface area contributed by atoms with Crippen molar-refractivity contribution in [3.63, 3.8) is 0 Å². The zero-order valence-corrected chi connectivity index (χ0v) is 8.69. The predicted molar refractivity (Wildman–Crippen MR) is 60.5 cm³/mol. The van der Waals surface area contributed by atoms with Gasteiger partial charge in [-0.15, -0.1) is 0 Å². The second-order valence-corrected chi connectivity index (χ2v) is 4.53. The maximum Gasteiger partial charge on any atom is 0.141 e. The van der Waals surface area contributed by atoms with Gasteiger partial charge in [-0.1, -0.05) is 0 Å². The SMILES string of the molecule is NNc1cc(N2CC3CCC2C3)ccn1. The maximum atomic E-state index is 5.36. The van der Waals surface area contributed by atoms with Gasteiger partial charge in [-0.2, -0.15) is 0 Å². The molecule has 3 N–H and O–H groups in total. The van der Waals surface area contributed by atoms with Crippen LogP contribution in [0.25, 0.3) is 0 Å². The van der Waals surface area contributed by atoms with E-state index in [1.165, 1.54) is 31.5 Å². The summed E-state index contributed by atoms with van der Waals surface area (Å²) in [5.41, 5.74) is 3.85. The van der Waals surface area contributed by atoms with Crippen molar-refractivity contribution in [3.05, 3.63) is 18.3 Å². The molecule has 4 heteroatoms. The van der Waals surface area contributed by atoms with Gasteiger partial charge in [-0.3, -0.25) is 0 Å². The van der Waals surface area contributed by atoms with Crippen molar-refractivity contribution in [3.8, 4) is 0 Å². The first kappa shape index (κ1) is 8.97. The summed E-state index contributed by atoms with van der Waals surface area (Å²) in [7, 11) is 0. The van der Waals surface area contributed by atoms with Gasteiger partial charge < -0.3 is 10.3 Å². The average Bonchev–Trinajstić information content (AvgIpc) is 2.91. The molecule has 1 saturated heterocycles. The van der Waals surface area contributed by atoms with Gasteiger partial charge >= 0.3 is 0 Å². The number of piperidine rings is 1. The van der Waals surface area contributed by atoms with E-state index < -0.39 is 0 Å². The smallest absolute Gasteiger partial charge is 0.141 e. The van der Waals surface area contributed by atoms with E-state index in [1.54, 1.807) is 0 Å². The third-order valence-corrected chi connectivity index (χ3v) is 3.63. The third kappa shape index (κ3) is 1.45. The minimum atomic E-state index is 0.746. The fourth-order valence-corrected chi connectivity index (χ4v) is 2.92. The number of fused-ring (bicyclic) bond motifs is 2. The Kier molecular flexibility index (Phi) is 2.02. The number of aromatic nitrogens is 1. The van der Waals surface area contributed by atoms with Crippen LogP contribution in [0.5, 0.6) is 0 Å². The second-order valence-electron chi connectivity index (χ2n) is 4.53. The van der Waals surface area contributed by atoms with Crippen molar-refractivity contribution in [1.82, 2.24) is 4.98 Å². The van der Waals surface area contributed by atoms with Gasteiger partial charge in [0, 0.05) is 30.5 Å². The fourth-order valence-electron chi connectivity index (χ4n) is 2.92. The summed E-state index contributed by atoms with van der Waals surface area (Å²) in [4.78, 5) is 6.63. The Morgan fingerprint density at radius 3 is 3.07 bits per heavy atom. The molecule has 1 aliphatic carbocycles. The van der Waals surface area contributed by atoms with Crippen LogP contribution in [0.3, 0.4) is 0 Å². The number of hydrogen-bond acceptors (Lipinski definition) is 4. The zero-order valence-electron chi connectivity index (χ0n) is 8.69. The minimum Gasteiger partial charge on any atom is -0.368 e. The average molecular weight is 204 g/mol.